The Morgan fingerprint density at radius 2 is 2.15 bits per heavy atom. The van der Waals surface area contributed by atoms with Crippen LogP contribution in [0.4, 0.5) is 0 Å². The summed E-state index contributed by atoms with van der Waals surface area (Å²) in [6, 6.07) is 7.64. The number of benzene rings is 1. The van der Waals surface area contributed by atoms with E-state index in [0.717, 1.165) is 43.7 Å². The molecular weight excluding hydrogens is 254 g/mol. The molecule has 1 atom stereocenters. The highest BCUT2D eigenvalue weighted by atomic mass is 16.5. The number of aliphatic hydroxyl groups is 1. The third-order valence-electron chi connectivity index (χ3n) is 3.92. The Morgan fingerprint density at radius 3 is 2.80 bits per heavy atom. The van der Waals surface area contributed by atoms with Crippen molar-refractivity contribution in [2.45, 2.75) is 25.7 Å². The Labute approximate surface area is 120 Å². The van der Waals surface area contributed by atoms with Gasteiger partial charge in [0, 0.05) is 19.7 Å². The largest absolute Gasteiger partial charge is 0.497 e. The van der Waals surface area contributed by atoms with Crippen LogP contribution in [0.15, 0.2) is 24.3 Å². The summed E-state index contributed by atoms with van der Waals surface area (Å²) in [5, 5.41) is 9.01. The Morgan fingerprint density at radius 1 is 1.40 bits per heavy atom. The molecule has 1 heterocycles. The number of rotatable bonds is 5. The monoisotopic (exact) mass is 277 g/mol. The number of hydrogen-bond acceptors (Lipinski definition) is 3. The van der Waals surface area contributed by atoms with E-state index >= 15 is 0 Å². The molecule has 0 spiro atoms. The molecule has 1 aromatic rings. The standard InChI is InChI=1S/C16H23NO3/c1-20-15-6-4-13(5-7-15)11-16(19)17-9-2-3-14(12-17)8-10-18/h4-7,14,18H,2-3,8-12H2,1H3. The predicted molar refractivity (Wildman–Crippen MR) is 77.7 cm³/mol. The van der Waals surface area contributed by atoms with Gasteiger partial charge < -0.3 is 14.7 Å². The maximum absolute atomic E-state index is 12.3. The van der Waals surface area contributed by atoms with Crippen LogP contribution in [0.1, 0.15) is 24.8 Å². The van der Waals surface area contributed by atoms with Crippen LogP contribution in [0.3, 0.4) is 0 Å². The lowest BCUT2D eigenvalue weighted by molar-refractivity contribution is -0.132. The molecule has 1 amide bonds. The highest BCUT2D eigenvalue weighted by molar-refractivity contribution is 5.78. The average Bonchev–Trinajstić information content (AvgIpc) is 2.48. The first-order valence-corrected chi connectivity index (χ1v) is 7.24. The molecule has 0 radical (unpaired) electrons. The maximum atomic E-state index is 12.3. The van der Waals surface area contributed by atoms with Crippen LogP contribution in [0.5, 0.6) is 5.75 Å². The second-order valence-electron chi connectivity index (χ2n) is 5.39. The fourth-order valence-electron chi connectivity index (χ4n) is 2.74. The van der Waals surface area contributed by atoms with Gasteiger partial charge in [-0.1, -0.05) is 12.1 Å². The SMILES string of the molecule is COc1ccc(CC(=O)N2CCCC(CCO)C2)cc1. The molecule has 4 nitrogen and oxygen atoms in total. The Bertz CT molecular complexity index is 428. The van der Waals surface area contributed by atoms with Gasteiger partial charge in [-0.15, -0.1) is 0 Å². The molecular formula is C16H23NO3. The van der Waals surface area contributed by atoms with Gasteiger partial charge in [-0.3, -0.25) is 4.79 Å². The van der Waals surface area contributed by atoms with E-state index in [2.05, 4.69) is 0 Å². The Hall–Kier alpha value is -1.55. The lowest BCUT2D eigenvalue weighted by Crippen LogP contribution is -2.40. The minimum Gasteiger partial charge on any atom is -0.497 e. The van der Waals surface area contributed by atoms with Gasteiger partial charge in [0.25, 0.3) is 0 Å². The number of carbonyl (C=O) groups is 1. The molecule has 0 bridgehead atoms. The van der Waals surface area contributed by atoms with Crippen LogP contribution in [-0.4, -0.2) is 42.7 Å². The van der Waals surface area contributed by atoms with Gasteiger partial charge >= 0.3 is 0 Å². The predicted octanol–water partition coefficient (Wildman–Crippen LogP) is 1.86. The molecule has 0 saturated carbocycles. The number of hydrogen-bond donors (Lipinski definition) is 1. The second-order valence-corrected chi connectivity index (χ2v) is 5.39. The van der Waals surface area contributed by atoms with Gasteiger partial charge in [0.15, 0.2) is 0 Å². The average molecular weight is 277 g/mol. The van der Waals surface area contributed by atoms with Crippen LogP contribution in [-0.2, 0) is 11.2 Å². The summed E-state index contributed by atoms with van der Waals surface area (Å²) >= 11 is 0. The number of ether oxygens (including phenoxy) is 1. The Balaban J connectivity index is 1.89. The summed E-state index contributed by atoms with van der Waals surface area (Å²) in [5.41, 5.74) is 1.01. The van der Waals surface area contributed by atoms with Crippen molar-refractivity contribution in [3.05, 3.63) is 29.8 Å². The number of aliphatic hydroxyl groups excluding tert-OH is 1. The first-order chi connectivity index (χ1) is 9.72. The quantitative estimate of drug-likeness (QED) is 0.893. The molecule has 1 unspecified atom stereocenters. The van der Waals surface area contributed by atoms with Crippen molar-refractivity contribution in [1.82, 2.24) is 4.90 Å². The van der Waals surface area contributed by atoms with Crippen molar-refractivity contribution in [3.63, 3.8) is 0 Å². The number of nitrogens with zero attached hydrogens (tertiary/aromatic N) is 1. The van der Waals surface area contributed by atoms with Crippen LogP contribution < -0.4 is 4.74 Å². The van der Waals surface area contributed by atoms with Gasteiger partial charge in [0.05, 0.1) is 13.5 Å². The van der Waals surface area contributed by atoms with E-state index < -0.39 is 0 Å². The zero-order chi connectivity index (χ0) is 14.4. The summed E-state index contributed by atoms with van der Waals surface area (Å²) in [6.07, 6.45) is 3.40. The van der Waals surface area contributed by atoms with Crippen LogP contribution >= 0.6 is 0 Å². The van der Waals surface area contributed by atoms with Crippen molar-refractivity contribution in [3.8, 4) is 5.75 Å². The lowest BCUT2D eigenvalue weighted by atomic mass is 9.95. The van der Waals surface area contributed by atoms with Gasteiger partial charge in [0.2, 0.25) is 5.91 Å². The number of likely N-dealkylation sites (tertiary alicyclic amines) is 1. The lowest BCUT2D eigenvalue weighted by Gasteiger charge is -2.32. The van der Waals surface area contributed by atoms with Crippen LogP contribution in [0, 0.1) is 5.92 Å². The smallest absolute Gasteiger partial charge is 0.226 e. The summed E-state index contributed by atoms with van der Waals surface area (Å²) in [4.78, 5) is 14.2. The molecule has 1 N–H and O–H groups in total. The molecule has 2 rings (SSSR count). The molecule has 1 fully saturated rings. The fourth-order valence-corrected chi connectivity index (χ4v) is 2.74. The Kier molecular flexibility index (Phi) is 5.41. The maximum Gasteiger partial charge on any atom is 0.226 e. The van der Waals surface area contributed by atoms with Gasteiger partial charge in [-0.05, 0) is 42.9 Å². The van der Waals surface area contributed by atoms with Crippen molar-refractivity contribution in [1.29, 1.82) is 0 Å². The van der Waals surface area contributed by atoms with Crippen molar-refractivity contribution in [2.75, 3.05) is 26.8 Å². The van der Waals surface area contributed by atoms with E-state index in [0.29, 0.717) is 12.3 Å². The van der Waals surface area contributed by atoms with Crippen molar-refractivity contribution < 1.29 is 14.6 Å². The first-order valence-electron chi connectivity index (χ1n) is 7.24. The molecule has 1 aliphatic heterocycles. The summed E-state index contributed by atoms with van der Waals surface area (Å²) < 4.78 is 5.11. The van der Waals surface area contributed by atoms with Crippen molar-refractivity contribution >= 4 is 5.91 Å². The van der Waals surface area contributed by atoms with Crippen LogP contribution in [0.2, 0.25) is 0 Å². The van der Waals surface area contributed by atoms with E-state index in [1.54, 1.807) is 7.11 Å². The number of methoxy groups -OCH3 is 1. The number of carbonyl (C=O) groups excluding carboxylic acids is 1. The third-order valence-corrected chi connectivity index (χ3v) is 3.92. The van der Waals surface area contributed by atoms with E-state index in [1.165, 1.54) is 0 Å². The van der Waals surface area contributed by atoms with Gasteiger partial charge in [0.1, 0.15) is 5.75 Å². The molecule has 0 aliphatic carbocycles. The van der Waals surface area contributed by atoms with Crippen LogP contribution in [0.25, 0.3) is 0 Å². The fraction of sp³-hybridized carbons (Fsp3) is 0.562. The number of piperidine rings is 1. The minimum atomic E-state index is 0.179. The summed E-state index contributed by atoms with van der Waals surface area (Å²) in [6.45, 7) is 1.84. The van der Waals surface area contributed by atoms with Crippen molar-refractivity contribution in [2.24, 2.45) is 5.92 Å². The van der Waals surface area contributed by atoms with E-state index in [1.807, 2.05) is 29.2 Å². The zero-order valence-electron chi connectivity index (χ0n) is 12.0. The van der Waals surface area contributed by atoms with E-state index in [9.17, 15) is 4.79 Å². The molecule has 1 aromatic carbocycles. The van der Waals surface area contributed by atoms with E-state index in [4.69, 9.17) is 9.84 Å². The summed E-state index contributed by atoms with van der Waals surface area (Å²) in [7, 11) is 1.63. The highest BCUT2D eigenvalue weighted by Crippen LogP contribution is 2.20. The zero-order valence-corrected chi connectivity index (χ0v) is 12.0. The summed E-state index contributed by atoms with van der Waals surface area (Å²) in [5.74, 6) is 1.44. The highest BCUT2D eigenvalue weighted by Gasteiger charge is 2.23. The normalized spacial score (nSPS) is 18.9. The number of amides is 1. The third kappa shape index (κ3) is 3.97. The van der Waals surface area contributed by atoms with Gasteiger partial charge in [-0.2, -0.15) is 0 Å². The second kappa shape index (κ2) is 7.29. The molecule has 1 aliphatic rings. The molecule has 4 heteroatoms. The molecule has 0 aromatic heterocycles. The first kappa shape index (κ1) is 14.9. The molecule has 20 heavy (non-hydrogen) atoms. The molecule has 110 valence electrons. The topological polar surface area (TPSA) is 49.8 Å². The van der Waals surface area contributed by atoms with Gasteiger partial charge in [-0.25, -0.2) is 0 Å². The molecule has 1 saturated heterocycles. The minimum absolute atomic E-state index is 0.179. The van der Waals surface area contributed by atoms with E-state index in [-0.39, 0.29) is 12.5 Å².